The Morgan fingerprint density at radius 1 is 1.10 bits per heavy atom. The maximum Gasteiger partial charge on any atom is 0.315 e. The average molecular weight is 419 g/mol. The second kappa shape index (κ2) is 7.31. The van der Waals surface area contributed by atoms with E-state index in [2.05, 4.69) is 9.98 Å². The summed E-state index contributed by atoms with van der Waals surface area (Å²) in [6, 6.07) is 18.7. The number of aromatic nitrogens is 1. The van der Waals surface area contributed by atoms with Gasteiger partial charge in [0.05, 0.1) is 11.4 Å². The van der Waals surface area contributed by atoms with Crippen molar-refractivity contribution in [2.45, 2.75) is 0 Å². The molecule has 2 amide bonds. The smallest absolute Gasteiger partial charge is 0.315 e. The van der Waals surface area contributed by atoms with E-state index in [0.717, 1.165) is 16.6 Å². The van der Waals surface area contributed by atoms with Crippen LogP contribution in [-0.4, -0.2) is 27.7 Å². The van der Waals surface area contributed by atoms with Crippen molar-refractivity contribution in [3.63, 3.8) is 0 Å². The van der Waals surface area contributed by atoms with Crippen molar-refractivity contribution < 1.29 is 14.0 Å². The molecule has 0 atom stereocenters. The molecule has 29 heavy (non-hydrogen) atoms. The second-order valence-electron chi connectivity index (χ2n) is 6.25. The first-order valence-corrected chi connectivity index (χ1v) is 10.6. The summed E-state index contributed by atoms with van der Waals surface area (Å²) in [5, 5.41) is 3.53. The van der Waals surface area contributed by atoms with Gasteiger partial charge in [0.1, 0.15) is 5.58 Å². The topological polar surface area (TPSA) is 75.8 Å². The highest BCUT2D eigenvalue weighted by atomic mass is 32.2. The number of furan rings is 1. The van der Waals surface area contributed by atoms with E-state index in [4.69, 9.17) is 4.42 Å². The molecule has 2 aromatic heterocycles. The Labute approximate surface area is 173 Å². The summed E-state index contributed by atoms with van der Waals surface area (Å²) in [6.07, 6.45) is 0. The fraction of sp³-hybridized carbons (Fsp3) is 0.0476. The van der Waals surface area contributed by atoms with Gasteiger partial charge in [-0.15, -0.1) is 11.3 Å². The van der Waals surface area contributed by atoms with Crippen molar-refractivity contribution in [2.75, 3.05) is 10.7 Å². The summed E-state index contributed by atoms with van der Waals surface area (Å²) >= 11 is 2.56. The van der Waals surface area contributed by atoms with Gasteiger partial charge in [0.2, 0.25) is 5.91 Å². The number of rotatable bonds is 3. The number of para-hydroxylation sites is 1. The molecule has 4 aromatic rings. The van der Waals surface area contributed by atoms with Crippen molar-refractivity contribution in [1.29, 1.82) is 0 Å². The van der Waals surface area contributed by atoms with Crippen LogP contribution < -0.4 is 4.90 Å². The Hall–Kier alpha value is -3.23. The molecule has 0 N–H and O–H groups in total. The summed E-state index contributed by atoms with van der Waals surface area (Å²) in [7, 11) is 0. The predicted molar refractivity (Wildman–Crippen MR) is 115 cm³/mol. The quantitative estimate of drug-likeness (QED) is 0.475. The number of benzene rings is 2. The van der Waals surface area contributed by atoms with Gasteiger partial charge in [-0.05, 0) is 12.1 Å². The maximum atomic E-state index is 12.6. The molecule has 0 radical (unpaired) electrons. The lowest BCUT2D eigenvalue weighted by Gasteiger charge is -2.11. The third kappa shape index (κ3) is 3.37. The zero-order valence-electron chi connectivity index (χ0n) is 14.9. The van der Waals surface area contributed by atoms with E-state index in [1.54, 1.807) is 12.1 Å². The fourth-order valence-electron chi connectivity index (χ4n) is 2.97. The lowest BCUT2D eigenvalue weighted by Crippen LogP contribution is -2.29. The van der Waals surface area contributed by atoms with Crippen LogP contribution in [0.3, 0.4) is 0 Å². The van der Waals surface area contributed by atoms with Crippen molar-refractivity contribution in [3.8, 4) is 11.3 Å². The van der Waals surface area contributed by atoms with Crippen molar-refractivity contribution in [2.24, 2.45) is 4.99 Å². The number of aliphatic imine (C=N–C) groups is 1. The van der Waals surface area contributed by atoms with E-state index in [0.29, 0.717) is 15.9 Å². The number of amidine groups is 1. The molecule has 0 bridgehead atoms. The Kier molecular flexibility index (Phi) is 4.49. The largest absolute Gasteiger partial charge is 0.451 e. The van der Waals surface area contributed by atoms with Crippen LogP contribution in [0.2, 0.25) is 0 Å². The summed E-state index contributed by atoms with van der Waals surface area (Å²) in [4.78, 5) is 35.2. The number of fused-ring (bicyclic) bond motifs is 1. The second-order valence-corrected chi connectivity index (χ2v) is 8.03. The third-order valence-corrected chi connectivity index (χ3v) is 6.10. The normalized spacial score (nSPS) is 15.5. The van der Waals surface area contributed by atoms with Gasteiger partial charge in [-0.25, -0.2) is 9.88 Å². The van der Waals surface area contributed by atoms with Gasteiger partial charge in [-0.3, -0.25) is 9.59 Å². The van der Waals surface area contributed by atoms with E-state index in [1.165, 1.54) is 28.0 Å². The van der Waals surface area contributed by atoms with E-state index in [9.17, 15) is 9.59 Å². The van der Waals surface area contributed by atoms with E-state index in [-0.39, 0.29) is 17.4 Å². The van der Waals surface area contributed by atoms with Crippen LogP contribution >= 0.6 is 23.1 Å². The van der Waals surface area contributed by atoms with E-state index < -0.39 is 5.91 Å². The molecule has 0 aliphatic carbocycles. The molecule has 1 aliphatic rings. The Morgan fingerprint density at radius 3 is 2.72 bits per heavy atom. The minimum absolute atomic E-state index is 0.141. The zero-order valence-corrected chi connectivity index (χ0v) is 16.6. The van der Waals surface area contributed by atoms with Crippen LogP contribution in [-0.2, 0) is 4.79 Å². The van der Waals surface area contributed by atoms with E-state index in [1.807, 2.05) is 53.9 Å². The molecule has 0 spiro atoms. The van der Waals surface area contributed by atoms with Crippen molar-refractivity contribution >= 4 is 56.2 Å². The molecular formula is C21H13N3O3S2. The van der Waals surface area contributed by atoms with Gasteiger partial charge in [0.15, 0.2) is 16.1 Å². The molecule has 3 heterocycles. The minimum Gasteiger partial charge on any atom is -0.451 e. The summed E-state index contributed by atoms with van der Waals surface area (Å²) in [6.45, 7) is 0. The van der Waals surface area contributed by atoms with E-state index >= 15 is 0 Å². The van der Waals surface area contributed by atoms with Crippen LogP contribution in [0, 0.1) is 0 Å². The molecule has 1 saturated heterocycles. The van der Waals surface area contributed by atoms with Gasteiger partial charge < -0.3 is 4.42 Å². The SMILES string of the molecule is O=C(N=C1SCC(=O)N1c1nc(-c2ccccc2)cs1)c1cc2ccccc2o1. The number of hydrogen-bond donors (Lipinski definition) is 0. The number of hydrogen-bond acceptors (Lipinski definition) is 6. The summed E-state index contributed by atoms with van der Waals surface area (Å²) in [5.41, 5.74) is 2.36. The van der Waals surface area contributed by atoms with Crippen LogP contribution in [0.15, 0.2) is 75.5 Å². The molecule has 0 unspecified atom stereocenters. The number of thioether (sulfide) groups is 1. The highest BCUT2D eigenvalue weighted by Crippen LogP contribution is 2.33. The molecule has 2 aromatic carbocycles. The molecular weight excluding hydrogens is 406 g/mol. The van der Waals surface area contributed by atoms with Gasteiger partial charge in [-0.2, -0.15) is 4.99 Å². The van der Waals surface area contributed by atoms with Gasteiger partial charge in [-0.1, -0.05) is 60.3 Å². The molecule has 0 saturated carbocycles. The summed E-state index contributed by atoms with van der Waals surface area (Å²) in [5.74, 6) is -0.321. The first-order chi connectivity index (χ1) is 14.2. The standard InChI is InChI=1S/C21H13N3O3S2/c25-18-12-29-21(23-19(26)17-10-14-8-4-5-9-16(14)27-17)24(18)20-22-15(11-28-20)13-6-2-1-3-7-13/h1-11H,12H2. The highest BCUT2D eigenvalue weighted by Gasteiger charge is 2.33. The van der Waals surface area contributed by atoms with Crippen LogP contribution in [0.5, 0.6) is 0 Å². The van der Waals surface area contributed by atoms with Crippen LogP contribution in [0.1, 0.15) is 10.6 Å². The van der Waals surface area contributed by atoms with Crippen molar-refractivity contribution in [1.82, 2.24) is 4.98 Å². The Balaban J connectivity index is 1.46. The predicted octanol–water partition coefficient (Wildman–Crippen LogP) is 4.83. The van der Waals surface area contributed by atoms with Gasteiger partial charge in [0, 0.05) is 16.3 Å². The average Bonchev–Trinajstić information content (AvgIpc) is 3.47. The van der Waals surface area contributed by atoms with Gasteiger partial charge >= 0.3 is 5.91 Å². The number of amides is 2. The van der Waals surface area contributed by atoms with Crippen molar-refractivity contribution in [3.05, 3.63) is 71.8 Å². The molecule has 142 valence electrons. The first kappa shape index (κ1) is 17.8. The maximum absolute atomic E-state index is 12.6. The number of nitrogens with zero attached hydrogens (tertiary/aromatic N) is 3. The lowest BCUT2D eigenvalue weighted by molar-refractivity contribution is -0.115. The van der Waals surface area contributed by atoms with Gasteiger partial charge in [0.25, 0.3) is 0 Å². The first-order valence-electron chi connectivity index (χ1n) is 8.77. The molecule has 5 rings (SSSR count). The summed E-state index contributed by atoms with van der Waals surface area (Å²) < 4.78 is 5.59. The number of thiazole rings is 1. The monoisotopic (exact) mass is 419 g/mol. The number of carbonyl (C=O) groups excluding carboxylic acids is 2. The molecule has 6 nitrogen and oxygen atoms in total. The highest BCUT2D eigenvalue weighted by molar-refractivity contribution is 8.15. The van der Waals surface area contributed by atoms with Crippen LogP contribution in [0.4, 0.5) is 5.13 Å². The molecule has 1 aliphatic heterocycles. The molecule has 1 fully saturated rings. The minimum atomic E-state index is -0.525. The van der Waals surface area contributed by atoms with Crippen LogP contribution in [0.25, 0.3) is 22.2 Å². The zero-order chi connectivity index (χ0) is 19.8. The molecule has 8 heteroatoms. The third-order valence-electron chi connectivity index (χ3n) is 4.35. The fourth-order valence-corrected chi connectivity index (χ4v) is 4.73. The number of carbonyl (C=O) groups is 2. The number of anilines is 1. The lowest BCUT2D eigenvalue weighted by atomic mass is 10.2. The Morgan fingerprint density at radius 2 is 1.90 bits per heavy atom. The Bertz CT molecular complexity index is 1230.